The molecule has 1 aromatic heterocycles. The van der Waals surface area contributed by atoms with Gasteiger partial charge in [-0.2, -0.15) is 5.26 Å². The van der Waals surface area contributed by atoms with Crippen molar-refractivity contribution in [2.75, 3.05) is 55.6 Å². The van der Waals surface area contributed by atoms with Crippen LogP contribution >= 0.6 is 0 Å². The summed E-state index contributed by atoms with van der Waals surface area (Å²) in [5.41, 5.74) is 3.77. The Labute approximate surface area is 340 Å². The maximum absolute atomic E-state index is 13.5. The second-order valence-electron chi connectivity index (χ2n) is 17.6. The van der Waals surface area contributed by atoms with Crippen LogP contribution in [0.1, 0.15) is 90.9 Å². The molecule has 7 rings (SSSR count). The van der Waals surface area contributed by atoms with Crippen molar-refractivity contribution in [3.8, 4) is 11.8 Å². The van der Waals surface area contributed by atoms with Crippen molar-refractivity contribution in [1.82, 2.24) is 30.8 Å². The van der Waals surface area contributed by atoms with Gasteiger partial charge in [0.05, 0.1) is 24.0 Å². The third-order valence-corrected chi connectivity index (χ3v) is 12.7. The molecule has 3 N–H and O–H groups in total. The van der Waals surface area contributed by atoms with E-state index in [1.165, 1.54) is 6.20 Å². The summed E-state index contributed by atoms with van der Waals surface area (Å²) in [5.74, 6) is 0.669. The Kier molecular flexibility index (Phi) is 11.5. The number of hydrogen-bond acceptors (Lipinski definition) is 11. The van der Waals surface area contributed by atoms with Crippen LogP contribution in [0.4, 0.5) is 11.5 Å². The van der Waals surface area contributed by atoms with Crippen LogP contribution in [0.3, 0.4) is 0 Å². The third kappa shape index (κ3) is 8.36. The van der Waals surface area contributed by atoms with E-state index in [-0.39, 0.29) is 53.3 Å². The number of hydrogen-bond donors (Lipinski definition) is 3. The number of aromatic nitrogens is 2. The Morgan fingerprint density at radius 1 is 0.862 bits per heavy atom. The van der Waals surface area contributed by atoms with E-state index in [0.29, 0.717) is 22.9 Å². The fourth-order valence-electron chi connectivity index (χ4n) is 9.71. The van der Waals surface area contributed by atoms with E-state index in [9.17, 15) is 24.4 Å². The molecular formula is C44H55N9O5. The van der Waals surface area contributed by atoms with Gasteiger partial charge < -0.3 is 25.2 Å². The summed E-state index contributed by atoms with van der Waals surface area (Å²) in [5, 5.41) is 17.7. The molecule has 4 heterocycles. The van der Waals surface area contributed by atoms with Gasteiger partial charge in [0.25, 0.3) is 11.8 Å². The number of ether oxygens (including phenoxy) is 1. The van der Waals surface area contributed by atoms with Crippen LogP contribution in [0, 0.1) is 41.9 Å². The number of amides is 4. The van der Waals surface area contributed by atoms with E-state index in [0.717, 1.165) is 81.2 Å². The van der Waals surface area contributed by atoms with Gasteiger partial charge in [-0.25, -0.2) is 9.97 Å². The number of carbonyl (C=O) groups is 4. The molecule has 0 radical (unpaired) electrons. The Balaban J connectivity index is 0.837. The Bertz CT molecular complexity index is 2040. The lowest BCUT2D eigenvalue weighted by Gasteiger charge is -2.63. The number of aryl methyl sites for hydroxylation is 2. The molecule has 58 heavy (non-hydrogen) atoms. The number of piperidine rings is 2. The predicted molar refractivity (Wildman–Crippen MR) is 220 cm³/mol. The molecule has 3 saturated heterocycles. The number of anilines is 2. The van der Waals surface area contributed by atoms with Crippen molar-refractivity contribution in [3.63, 3.8) is 0 Å². The van der Waals surface area contributed by atoms with E-state index >= 15 is 0 Å². The van der Waals surface area contributed by atoms with Crippen LogP contribution in [0.15, 0.2) is 48.8 Å². The molecule has 2 aromatic carbocycles. The van der Waals surface area contributed by atoms with E-state index in [2.05, 4.69) is 86.5 Å². The van der Waals surface area contributed by atoms with Crippen LogP contribution < -0.4 is 30.5 Å². The van der Waals surface area contributed by atoms with Gasteiger partial charge in [0.2, 0.25) is 11.8 Å². The first-order valence-corrected chi connectivity index (χ1v) is 20.4. The maximum atomic E-state index is 13.5. The average Bonchev–Trinajstić information content (AvgIpc) is 3.20. The van der Waals surface area contributed by atoms with E-state index < -0.39 is 17.9 Å². The first-order valence-electron chi connectivity index (χ1n) is 20.4. The van der Waals surface area contributed by atoms with Crippen LogP contribution in [-0.2, 0) is 9.59 Å². The standard InChI is InChI=1S/C44H55N9O5/c1-27-21-32(22-28(2)33(27)23-45)58-42-43(3,4)41(44(42,5)6)50-38(55)30-7-9-31(10-8-30)52-15-13-29(14-16-52)26-51-17-19-53(20-18-51)36-25-46-35(24-47-36)40(57)48-34-11-12-37(54)49-39(34)56/h7-10,21-22,24-25,29,34,41-42H,11-20,26H2,1-6H3,(H,48,57)(H,50,55)(H,49,54,56)/t34-,41?,42?/m0/s1. The maximum Gasteiger partial charge on any atom is 0.272 e. The number of nitrogens with zero attached hydrogens (tertiary/aromatic N) is 6. The van der Waals surface area contributed by atoms with E-state index in [1.807, 2.05) is 38.1 Å². The van der Waals surface area contributed by atoms with Gasteiger partial charge >= 0.3 is 0 Å². The number of nitriles is 1. The lowest BCUT2D eigenvalue weighted by molar-refractivity contribution is -0.164. The molecule has 306 valence electrons. The first kappa shape index (κ1) is 40.6. The zero-order chi connectivity index (χ0) is 41.4. The van der Waals surface area contributed by atoms with Crippen molar-refractivity contribution < 1.29 is 23.9 Å². The van der Waals surface area contributed by atoms with Gasteiger partial charge in [-0.05, 0) is 86.6 Å². The van der Waals surface area contributed by atoms with Gasteiger partial charge in [-0.1, -0.05) is 27.7 Å². The minimum atomic E-state index is -0.758. The van der Waals surface area contributed by atoms with Gasteiger partial charge in [0.15, 0.2) is 0 Å². The van der Waals surface area contributed by atoms with Crippen molar-refractivity contribution in [1.29, 1.82) is 5.26 Å². The lowest BCUT2D eigenvalue weighted by atomic mass is 9.49. The Hall–Kier alpha value is -5.55. The summed E-state index contributed by atoms with van der Waals surface area (Å²) in [6.07, 6.45) is 5.58. The molecule has 0 spiro atoms. The highest BCUT2D eigenvalue weighted by Gasteiger charge is 2.64. The monoisotopic (exact) mass is 789 g/mol. The summed E-state index contributed by atoms with van der Waals surface area (Å²) in [7, 11) is 0. The molecule has 3 aliphatic heterocycles. The fourth-order valence-corrected chi connectivity index (χ4v) is 9.71. The lowest BCUT2D eigenvalue weighted by Crippen LogP contribution is -2.74. The summed E-state index contributed by atoms with van der Waals surface area (Å²) in [4.78, 5) is 65.4. The number of imide groups is 1. The van der Waals surface area contributed by atoms with Crippen molar-refractivity contribution in [3.05, 3.63) is 76.7 Å². The Morgan fingerprint density at radius 3 is 2.10 bits per heavy atom. The third-order valence-electron chi connectivity index (χ3n) is 12.7. The summed E-state index contributed by atoms with van der Waals surface area (Å²) >= 11 is 0. The van der Waals surface area contributed by atoms with Crippen molar-refractivity contribution >= 4 is 35.1 Å². The first-order chi connectivity index (χ1) is 27.6. The van der Waals surface area contributed by atoms with Crippen molar-refractivity contribution in [2.24, 2.45) is 16.7 Å². The quantitative estimate of drug-likeness (QED) is 0.252. The van der Waals surface area contributed by atoms with E-state index in [4.69, 9.17) is 4.74 Å². The smallest absolute Gasteiger partial charge is 0.272 e. The molecule has 4 aliphatic rings. The zero-order valence-electron chi connectivity index (χ0n) is 34.4. The van der Waals surface area contributed by atoms with Gasteiger partial charge in [0.1, 0.15) is 29.4 Å². The van der Waals surface area contributed by atoms with Crippen molar-refractivity contribution in [2.45, 2.75) is 85.4 Å². The second kappa shape index (κ2) is 16.4. The highest BCUT2D eigenvalue weighted by atomic mass is 16.5. The zero-order valence-corrected chi connectivity index (χ0v) is 34.4. The molecule has 1 saturated carbocycles. The van der Waals surface area contributed by atoms with Gasteiger partial charge in [-0.3, -0.25) is 29.4 Å². The molecule has 14 nitrogen and oxygen atoms in total. The molecule has 14 heteroatoms. The minimum Gasteiger partial charge on any atom is -0.489 e. The fraction of sp³-hybridized carbons (Fsp3) is 0.523. The number of benzene rings is 2. The predicted octanol–water partition coefficient (Wildman–Crippen LogP) is 4.15. The normalized spacial score (nSPS) is 23.3. The number of rotatable bonds is 10. The average molecular weight is 790 g/mol. The summed E-state index contributed by atoms with van der Waals surface area (Å²) in [6, 6.07) is 13.3. The minimum absolute atomic E-state index is 0.0847. The summed E-state index contributed by atoms with van der Waals surface area (Å²) in [6.45, 7) is 18.9. The highest BCUT2D eigenvalue weighted by Crippen LogP contribution is 2.55. The number of nitrogens with one attached hydrogen (secondary N) is 3. The molecule has 4 fully saturated rings. The second-order valence-corrected chi connectivity index (χ2v) is 17.6. The SMILES string of the molecule is Cc1cc(OC2C(C)(C)C(NC(=O)c3ccc(N4CCC(CN5CCN(c6cnc(C(=O)N[C@H]7CCC(=O)NC7=O)cn6)CC5)CC4)cc3)C2(C)C)cc(C)c1C#N. The van der Waals surface area contributed by atoms with Gasteiger partial charge in [0, 0.05) is 80.4 Å². The molecular weight excluding hydrogens is 735 g/mol. The van der Waals surface area contributed by atoms with Crippen LogP contribution in [0.2, 0.25) is 0 Å². The molecule has 0 unspecified atom stereocenters. The van der Waals surface area contributed by atoms with Crippen LogP contribution in [0.25, 0.3) is 0 Å². The summed E-state index contributed by atoms with van der Waals surface area (Å²) < 4.78 is 6.54. The largest absolute Gasteiger partial charge is 0.489 e. The van der Waals surface area contributed by atoms with Crippen LogP contribution in [0.5, 0.6) is 5.75 Å². The Morgan fingerprint density at radius 2 is 1.52 bits per heavy atom. The van der Waals surface area contributed by atoms with E-state index in [1.54, 1.807) is 6.20 Å². The van der Waals surface area contributed by atoms with Crippen LogP contribution in [-0.4, -0.2) is 102 Å². The topological polar surface area (TPSA) is 173 Å². The molecule has 0 bridgehead atoms. The highest BCUT2D eigenvalue weighted by molar-refractivity contribution is 6.03. The number of carbonyl (C=O) groups excluding carboxylic acids is 4. The molecule has 4 amide bonds. The van der Waals surface area contributed by atoms with Gasteiger partial charge in [-0.15, -0.1) is 0 Å². The molecule has 1 atom stereocenters. The number of piperazine rings is 1. The molecule has 3 aromatic rings. The molecule has 1 aliphatic carbocycles.